The fourth-order valence-corrected chi connectivity index (χ4v) is 4.06. The molecule has 1 saturated carbocycles. The molecule has 0 radical (unpaired) electrons. The number of rotatable bonds is 5. The van der Waals surface area contributed by atoms with Crippen LogP contribution in [-0.2, 0) is 9.59 Å². The molecule has 0 spiro atoms. The zero-order valence-electron chi connectivity index (χ0n) is 15.8. The molecule has 0 aromatic heterocycles. The number of anilines is 1. The fraction of sp³-hybridized carbons (Fsp3) is 0.579. The number of amides is 2. The quantitative estimate of drug-likeness (QED) is 0.720. The number of halogens is 3. The first-order valence-electron chi connectivity index (χ1n) is 9.34. The fourth-order valence-electron chi connectivity index (χ4n) is 3.94. The Balaban J connectivity index is 0.00000196. The van der Waals surface area contributed by atoms with E-state index in [-0.39, 0.29) is 55.0 Å². The highest BCUT2D eigenvalue weighted by molar-refractivity contribution is 6.30. The second-order valence-corrected chi connectivity index (χ2v) is 7.53. The summed E-state index contributed by atoms with van der Waals surface area (Å²) in [6.45, 7) is 3.49. The van der Waals surface area contributed by atoms with Crippen LogP contribution < -0.4 is 16.0 Å². The van der Waals surface area contributed by atoms with Crippen LogP contribution in [0.2, 0.25) is 5.02 Å². The smallest absolute Gasteiger partial charge is 0.242 e. The largest absolute Gasteiger partial charge is 0.368 e. The predicted octanol–water partition coefficient (Wildman–Crippen LogP) is 2.32. The van der Waals surface area contributed by atoms with E-state index in [1.165, 1.54) is 0 Å². The molecule has 1 aromatic rings. The molecule has 6 nitrogen and oxygen atoms in total. The van der Waals surface area contributed by atoms with Crippen LogP contribution in [0, 0.1) is 11.8 Å². The van der Waals surface area contributed by atoms with Gasteiger partial charge in [0.15, 0.2) is 0 Å². The summed E-state index contributed by atoms with van der Waals surface area (Å²) in [5.41, 5.74) is 6.85. The van der Waals surface area contributed by atoms with Crippen LogP contribution in [0.15, 0.2) is 24.3 Å². The zero-order valence-corrected chi connectivity index (χ0v) is 18.2. The van der Waals surface area contributed by atoms with E-state index in [1.807, 2.05) is 29.2 Å². The first-order valence-corrected chi connectivity index (χ1v) is 9.72. The van der Waals surface area contributed by atoms with E-state index >= 15 is 0 Å². The van der Waals surface area contributed by atoms with Gasteiger partial charge in [0, 0.05) is 42.8 Å². The summed E-state index contributed by atoms with van der Waals surface area (Å²) in [7, 11) is 0. The molecule has 1 heterocycles. The Morgan fingerprint density at radius 2 is 1.71 bits per heavy atom. The predicted molar refractivity (Wildman–Crippen MR) is 118 cm³/mol. The van der Waals surface area contributed by atoms with Crippen molar-refractivity contribution in [3.05, 3.63) is 29.3 Å². The molecular formula is C19H29Cl3N4O2. The third-order valence-electron chi connectivity index (χ3n) is 5.54. The van der Waals surface area contributed by atoms with Gasteiger partial charge < -0.3 is 20.9 Å². The topological polar surface area (TPSA) is 78.7 Å². The van der Waals surface area contributed by atoms with Crippen LogP contribution in [0.3, 0.4) is 0 Å². The van der Waals surface area contributed by atoms with Crippen molar-refractivity contribution >= 4 is 53.9 Å². The molecule has 158 valence electrons. The minimum absolute atomic E-state index is 0. The maximum atomic E-state index is 12.4. The number of piperazine rings is 1. The Bertz CT molecular complexity index is 637. The lowest BCUT2D eigenvalue weighted by atomic mass is 9.95. The standard InChI is InChI=1S/C19H27ClN4O2.2ClH/c20-15-4-6-16(7-5-15)23-8-10-24(11-9-23)18(25)13-22-19(26)17-3-1-2-14(17)12-21;;/h4-7,14,17H,1-3,8-13,21H2,(H,22,26);2*1H/t14-,17-;;/m1../s1. The number of hydrogen-bond donors (Lipinski definition) is 2. The number of benzene rings is 1. The molecule has 0 unspecified atom stereocenters. The second kappa shape index (κ2) is 11.7. The van der Waals surface area contributed by atoms with Crippen LogP contribution >= 0.6 is 36.4 Å². The lowest BCUT2D eigenvalue weighted by molar-refractivity contribution is -0.134. The maximum absolute atomic E-state index is 12.4. The molecule has 2 amide bonds. The van der Waals surface area contributed by atoms with Crippen molar-refractivity contribution in [2.45, 2.75) is 19.3 Å². The number of carbonyl (C=O) groups excluding carboxylic acids is 2. The maximum Gasteiger partial charge on any atom is 0.242 e. The van der Waals surface area contributed by atoms with Crippen LogP contribution in [-0.4, -0.2) is 56.0 Å². The average Bonchev–Trinajstić information content (AvgIpc) is 3.15. The van der Waals surface area contributed by atoms with Crippen molar-refractivity contribution in [3.63, 3.8) is 0 Å². The molecule has 9 heteroatoms. The average molecular weight is 452 g/mol. The highest BCUT2D eigenvalue weighted by atomic mass is 35.5. The minimum atomic E-state index is -0.0328. The van der Waals surface area contributed by atoms with Gasteiger partial charge in [-0.2, -0.15) is 0 Å². The third kappa shape index (κ3) is 6.14. The van der Waals surface area contributed by atoms with Gasteiger partial charge in [0.1, 0.15) is 0 Å². The van der Waals surface area contributed by atoms with Gasteiger partial charge in [-0.25, -0.2) is 0 Å². The van der Waals surface area contributed by atoms with Crippen molar-refractivity contribution in [2.24, 2.45) is 17.6 Å². The van der Waals surface area contributed by atoms with Gasteiger partial charge in [-0.15, -0.1) is 24.8 Å². The number of nitrogens with two attached hydrogens (primary N) is 1. The van der Waals surface area contributed by atoms with Crippen LogP contribution in [0.25, 0.3) is 0 Å². The Morgan fingerprint density at radius 3 is 2.32 bits per heavy atom. The number of carbonyl (C=O) groups is 2. The summed E-state index contributed by atoms with van der Waals surface area (Å²) in [6, 6.07) is 7.74. The number of hydrogen-bond acceptors (Lipinski definition) is 4. The van der Waals surface area contributed by atoms with Gasteiger partial charge in [0.05, 0.1) is 6.54 Å². The minimum Gasteiger partial charge on any atom is -0.368 e. The van der Waals surface area contributed by atoms with E-state index in [1.54, 1.807) is 0 Å². The Labute approximate surface area is 184 Å². The molecule has 1 saturated heterocycles. The monoisotopic (exact) mass is 450 g/mol. The summed E-state index contributed by atoms with van der Waals surface area (Å²) >= 11 is 5.93. The number of nitrogens with zero attached hydrogens (tertiary/aromatic N) is 2. The summed E-state index contributed by atoms with van der Waals surface area (Å²) < 4.78 is 0. The van der Waals surface area contributed by atoms with Gasteiger partial charge in [-0.05, 0) is 49.6 Å². The van der Waals surface area contributed by atoms with Crippen LogP contribution in [0.1, 0.15) is 19.3 Å². The first-order chi connectivity index (χ1) is 12.6. The van der Waals surface area contributed by atoms with Gasteiger partial charge >= 0.3 is 0 Å². The highest BCUT2D eigenvalue weighted by Crippen LogP contribution is 2.30. The van der Waals surface area contributed by atoms with E-state index in [2.05, 4.69) is 10.2 Å². The summed E-state index contributed by atoms with van der Waals surface area (Å²) in [4.78, 5) is 28.8. The van der Waals surface area contributed by atoms with Gasteiger partial charge in [0.2, 0.25) is 11.8 Å². The van der Waals surface area contributed by atoms with Gasteiger partial charge in [-0.3, -0.25) is 9.59 Å². The Kier molecular flexibility index (Phi) is 10.4. The first kappa shape index (κ1) is 24.8. The Morgan fingerprint density at radius 1 is 1.07 bits per heavy atom. The number of nitrogens with one attached hydrogen (secondary N) is 1. The summed E-state index contributed by atoms with van der Waals surface area (Å²) in [5.74, 6) is 0.185. The van der Waals surface area contributed by atoms with Crippen molar-refractivity contribution in [2.75, 3.05) is 44.2 Å². The summed E-state index contributed by atoms with van der Waals surface area (Å²) in [5, 5.41) is 3.54. The third-order valence-corrected chi connectivity index (χ3v) is 5.79. The zero-order chi connectivity index (χ0) is 18.5. The SMILES string of the molecule is Cl.Cl.NC[C@H]1CCC[C@H]1C(=O)NCC(=O)N1CCN(c2ccc(Cl)cc2)CC1. The molecule has 3 N–H and O–H groups in total. The van der Waals surface area contributed by atoms with E-state index in [0.29, 0.717) is 19.6 Å². The molecule has 1 aliphatic carbocycles. The van der Waals surface area contributed by atoms with E-state index in [4.69, 9.17) is 17.3 Å². The molecule has 28 heavy (non-hydrogen) atoms. The molecular weight excluding hydrogens is 423 g/mol. The lowest BCUT2D eigenvalue weighted by Gasteiger charge is -2.36. The van der Waals surface area contributed by atoms with Crippen molar-refractivity contribution < 1.29 is 9.59 Å². The molecule has 2 fully saturated rings. The Hall–Kier alpha value is -1.21. The normalized spacial score (nSPS) is 21.5. The van der Waals surface area contributed by atoms with Crippen LogP contribution in [0.4, 0.5) is 5.69 Å². The summed E-state index contributed by atoms with van der Waals surface area (Å²) in [6.07, 6.45) is 2.93. The van der Waals surface area contributed by atoms with Crippen molar-refractivity contribution in [1.82, 2.24) is 10.2 Å². The molecule has 2 atom stereocenters. The van der Waals surface area contributed by atoms with E-state index in [0.717, 1.165) is 43.1 Å². The van der Waals surface area contributed by atoms with E-state index < -0.39 is 0 Å². The van der Waals surface area contributed by atoms with Gasteiger partial charge in [-0.1, -0.05) is 18.0 Å². The second-order valence-electron chi connectivity index (χ2n) is 7.10. The van der Waals surface area contributed by atoms with Crippen LogP contribution in [0.5, 0.6) is 0 Å². The van der Waals surface area contributed by atoms with Gasteiger partial charge in [0.25, 0.3) is 0 Å². The molecule has 0 bridgehead atoms. The van der Waals surface area contributed by atoms with E-state index in [9.17, 15) is 9.59 Å². The highest BCUT2D eigenvalue weighted by Gasteiger charge is 2.32. The molecule has 1 aromatic carbocycles. The molecule has 3 rings (SSSR count). The van der Waals surface area contributed by atoms with Crippen molar-refractivity contribution in [1.29, 1.82) is 0 Å². The molecule has 2 aliphatic rings. The molecule has 1 aliphatic heterocycles. The van der Waals surface area contributed by atoms with Crippen molar-refractivity contribution in [3.8, 4) is 0 Å². The lowest BCUT2D eigenvalue weighted by Crippen LogP contribution is -2.51.